The van der Waals surface area contributed by atoms with Crippen molar-refractivity contribution in [2.24, 2.45) is 0 Å². The summed E-state index contributed by atoms with van der Waals surface area (Å²) in [5.74, 6) is 0.743. The van der Waals surface area contributed by atoms with Crippen LogP contribution in [0.25, 0.3) is 17.1 Å². The number of fused-ring (bicyclic) bond motifs is 1. The van der Waals surface area contributed by atoms with Gasteiger partial charge in [-0.25, -0.2) is 9.97 Å². The summed E-state index contributed by atoms with van der Waals surface area (Å²) < 4.78 is 5.54. The summed E-state index contributed by atoms with van der Waals surface area (Å²) >= 11 is 0. The summed E-state index contributed by atoms with van der Waals surface area (Å²) in [6.07, 6.45) is 4.76. The second kappa shape index (κ2) is 7.58. The van der Waals surface area contributed by atoms with Crippen LogP contribution in [0.5, 0.6) is 5.75 Å². The van der Waals surface area contributed by atoms with E-state index in [1.54, 1.807) is 32.4 Å². The molecule has 136 valence electrons. The molecule has 3 aromatic rings. The number of anilines is 2. The van der Waals surface area contributed by atoms with Crippen molar-refractivity contribution in [2.45, 2.75) is 0 Å². The summed E-state index contributed by atoms with van der Waals surface area (Å²) in [7, 11) is 4.73. The molecule has 0 atom stereocenters. The Morgan fingerprint density at radius 2 is 2.15 bits per heavy atom. The summed E-state index contributed by atoms with van der Waals surface area (Å²) in [5, 5.41) is 13.4. The number of aromatic nitrogens is 3. The number of nitrogens with one attached hydrogen (secondary N) is 2. The number of rotatable bonds is 5. The lowest BCUT2D eigenvalue weighted by Crippen LogP contribution is -2.22. The zero-order valence-electron chi connectivity index (χ0n) is 15.1. The highest BCUT2D eigenvalue weighted by Crippen LogP contribution is 2.33. The van der Waals surface area contributed by atoms with Crippen molar-refractivity contribution in [1.82, 2.24) is 19.9 Å². The molecule has 0 aliphatic rings. The first-order valence-electron chi connectivity index (χ1n) is 8.10. The molecule has 8 nitrogen and oxygen atoms in total. The maximum atomic E-state index is 12.1. The molecule has 0 spiro atoms. The van der Waals surface area contributed by atoms with Gasteiger partial charge in [0.1, 0.15) is 35.2 Å². The fourth-order valence-corrected chi connectivity index (χ4v) is 2.63. The molecule has 2 heterocycles. The third-order valence-electron chi connectivity index (χ3n) is 3.91. The molecule has 0 aliphatic heterocycles. The molecule has 1 amide bonds. The number of methoxy groups -OCH3 is 1. The number of hydrogen-bond donors (Lipinski definition) is 2. The third kappa shape index (κ3) is 3.57. The number of para-hydroxylation sites is 1. The summed E-state index contributed by atoms with van der Waals surface area (Å²) in [4.78, 5) is 25.0. The average Bonchev–Trinajstić information content (AvgIpc) is 3.15. The summed E-state index contributed by atoms with van der Waals surface area (Å²) in [6, 6.07) is 9.23. The maximum absolute atomic E-state index is 12.1. The topological polar surface area (TPSA) is 107 Å². The number of nitrogens with zero attached hydrogens (tertiary/aromatic N) is 4. The number of carbonyl (C=O) groups is 1. The van der Waals surface area contributed by atoms with Crippen molar-refractivity contribution in [3.05, 3.63) is 47.9 Å². The van der Waals surface area contributed by atoms with Crippen LogP contribution >= 0.6 is 0 Å². The van der Waals surface area contributed by atoms with Crippen molar-refractivity contribution in [2.75, 3.05) is 26.5 Å². The van der Waals surface area contributed by atoms with Gasteiger partial charge in [0.15, 0.2) is 0 Å². The van der Waals surface area contributed by atoms with Crippen LogP contribution in [0.2, 0.25) is 0 Å². The summed E-state index contributed by atoms with van der Waals surface area (Å²) in [6.45, 7) is 0. The van der Waals surface area contributed by atoms with E-state index in [9.17, 15) is 10.1 Å². The van der Waals surface area contributed by atoms with Gasteiger partial charge in [-0.2, -0.15) is 5.26 Å². The smallest absolute Gasteiger partial charge is 0.264 e. The van der Waals surface area contributed by atoms with Gasteiger partial charge in [-0.15, -0.1) is 0 Å². The minimum Gasteiger partial charge on any atom is -0.494 e. The first-order chi connectivity index (χ1) is 13.0. The lowest BCUT2D eigenvalue weighted by atomic mass is 10.1. The molecule has 2 aromatic heterocycles. The predicted octanol–water partition coefficient (Wildman–Crippen LogP) is 2.71. The Bertz CT molecular complexity index is 1060. The molecule has 0 saturated carbocycles. The first kappa shape index (κ1) is 17.9. The minimum atomic E-state index is -0.372. The van der Waals surface area contributed by atoms with Crippen molar-refractivity contribution < 1.29 is 9.53 Å². The maximum Gasteiger partial charge on any atom is 0.264 e. The molecular formula is C19H18N6O2. The van der Waals surface area contributed by atoms with Crippen LogP contribution in [0.4, 0.5) is 11.5 Å². The Kier molecular flexibility index (Phi) is 5.04. The minimum absolute atomic E-state index is 0.0190. The van der Waals surface area contributed by atoms with Crippen LogP contribution in [-0.4, -0.2) is 47.0 Å². The van der Waals surface area contributed by atoms with E-state index in [1.807, 2.05) is 18.2 Å². The first-order valence-corrected chi connectivity index (χ1v) is 8.10. The van der Waals surface area contributed by atoms with Crippen molar-refractivity contribution in [3.63, 3.8) is 0 Å². The van der Waals surface area contributed by atoms with Gasteiger partial charge < -0.3 is 19.9 Å². The zero-order chi connectivity index (χ0) is 19.4. The Morgan fingerprint density at radius 1 is 1.33 bits per heavy atom. The van der Waals surface area contributed by atoms with Crippen LogP contribution in [0.15, 0.2) is 42.4 Å². The van der Waals surface area contributed by atoms with E-state index >= 15 is 0 Å². The SMILES string of the molecule is COc1c(C=C(C#N)C(=O)N(C)C)cccc1Nc1ncnc2[nH]ccc12. The molecule has 0 aliphatic carbocycles. The zero-order valence-corrected chi connectivity index (χ0v) is 15.1. The number of nitriles is 1. The van der Waals surface area contributed by atoms with Crippen molar-refractivity contribution >= 4 is 34.5 Å². The normalized spacial score (nSPS) is 11.1. The molecular weight excluding hydrogens is 344 g/mol. The van der Waals surface area contributed by atoms with Gasteiger partial charge in [0.05, 0.1) is 18.2 Å². The second-order valence-electron chi connectivity index (χ2n) is 5.88. The molecule has 2 N–H and O–H groups in total. The van der Waals surface area contributed by atoms with E-state index in [0.717, 1.165) is 5.39 Å². The number of hydrogen-bond acceptors (Lipinski definition) is 6. The van der Waals surface area contributed by atoms with E-state index in [1.165, 1.54) is 24.4 Å². The Labute approximate surface area is 156 Å². The molecule has 1 aromatic carbocycles. The highest BCUT2D eigenvalue weighted by molar-refractivity contribution is 6.02. The van der Waals surface area contributed by atoms with Crippen LogP contribution in [0.1, 0.15) is 5.56 Å². The van der Waals surface area contributed by atoms with Crippen molar-refractivity contribution in [3.8, 4) is 11.8 Å². The van der Waals surface area contributed by atoms with Gasteiger partial charge in [0.2, 0.25) is 0 Å². The number of amides is 1. The van der Waals surface area contributed by atoms with Crippen LogP contribution in [0, 0.1) is 11.3 Å². The molecule has 3 rings (SSSR count). The van der Waals surface area contributed by atoms with Crippen LogP contribution < -0.4 is 10.1 Å². The molecule has 0 radical (unpaired) electrons. The van der Waals surface area contributed by atoms with Crippen LogP contribution in [0.3, 0.4) is 0 Å². The Morgan fingerprint density at radius 3 is 2.85 bits per heavy atom. The monoisotopic (exact) mass is 362 g/mol. The molecule has 0 fully saturated rings. The van der Waals surface area contributed by atoms with E-state index < -0.39 is 0 Å². The highest BCUT2D eigenvalue weighted by atomic mass is 16.5. The fourth-order valence-electron chi connectivity index (χ4n) is 2.63. The van der Waals surface area contributed by atoms with E-state index in [2.05, 4.69) is 20.3 Å². The number of likely N-dealkylation sites (N-methyl/N-ethyl adjacent to an activating group) is 1. The average molecular weight is 362 g/mol. The van der Waals surface area contributed by atoms with E-state index in [-0.39, 0.29) is 11.5 Å². The quantitative estimate of drug-likeness (QED) is 0.534. The standard InChI is InChI=1S/C19H18N6O2/c1-25(2)19(26)13(10-20)9-12-5-4-6-15(16(12)27-3)24-18-14-7-8-21-17(14)22-11-23-18/h4-9,11H,1-3H3,(H2,21,22,23,24). The van der Waals surface area contributed by atoms with Gasteiger partial charge >= 0.3 is 0 Å². The number of aromatic amines is 1. The summed E-state index contributed by atoms with van der Waals surface area (Å²) in [5.41, 5.74) is 1.99. The largest absolute Gasteiger partial charge is 0.494 e. The lowest BCUT2D eigenvalue weighted by molar-refractivity contribution is -0.124. The van der Waals surface area contributed by atoms with E-state index in [4.69, 9.17) is 4.74 Å². The van der Waals surface area contributed by atoms with Crippen LogP contribution in [-0.2, 0) is 4.79 Å². The van der Waals surface area contributed by atoms with E-state index in [0.29, 0.717) is 28.5 Å². The molecule has 0 saturated heterocycles. The molecule has 8 heteroatoms. The van der Waals surface area contributed by atoms with Gasteiger partial charge in [-0.3, -0.25) is 4.79 Å². The van der Waals surface area contributed by atoms with Crippen molar-refractivity contribution in [1.29, 1.82) is 5.26 Å². The Hall–Kier alpha value is -3.86. The predicted molar refractivity (Wildman–Crippen MR) is 102 cm³/mol. The van der Waals surface area contributed by atoms with Gasteiger partial charge in [0, 0.05) is 25.9 Å². The second-order valence-corrected chi connectivity index (χ2v) is 5.88. The van der Waals surface area contributed by atoms with Gasteiger partial charge in [-0.05, 0) is 18.2 Å². The number of benzene rings is 1. The third-order valence-corrected chi connectivity index (χ3v) is 3.91. The Balaban J connectivity index is 2.04. The lowest BCUT2D eigenvalue weighted by Gasteiger charge is -2.14. The number of carbonyl (C=O) groups excluding carboxylic acids is 1. The number of H-pyrrole nitrogens is 1. The van der Waals surface area contributed by atoms with Gasteiger partial charge in [-0.1, -0.05) is 12.1 Å². The number of ether oxygens (including phenoxy) is 1. The molecule has 27 heavy (non-hydrogen) atoms. The highest BCUT2D eigenvalue weighted by Gasteiger charge is 2.15. The molecule has 0 unspecified atom stereocenters. The molecule has 0 bridgehead atoms. The van der Waals surface area contributed by atoms with Gasteiger partial charge in [0.25, 0.3) is 5.91 Å². The fraction of sp³-hybridized carbons (Fsp3) is 0.158.